The lowest BCUT2D eigenvalue weighted by Crippen LogP contribution is -2.53. The van der Waals surface area contributed by atoms with Gasteiger partial charge in [0.2, 0.25) is 11.8 Å². The number of carbonyl (C=O) groups excluding carboxylic acids is 2. The summed E-state index contributed by atoms with van der Waals surface area (Å²) in [5, 5.41) is 3.14. The molecule has 1 aliphatic carbocycles. The van der Waals surface area contributed by atoms with Crippen LogP contribution in [0.2, 0.25) is 0 Å². The average molecular weight is 641 g/mol. The van der Waals surface area contributed by atoms with Crippen LogP contribution in [0.1, 0.15) is 55.7 Å². The molecule has 1 N–H and O–H groups in total. The largest absolute Gasteiger partial charge is 0.352 e. The average Bonchev–Trinajstić information content (AvgIpc) is 3.45. The molecule has 1 aliphatic rings. The lowest BCUT2D eigenvalue weighted by Gasteiger charge is -2.34. The number of anilines is 1. The van der Waals surface area contributed by atoms with Crippen molar-refractivity contribution in [1.29, 1.82) is 0 Å². The first-order chi connectivity index (χ1) is 19.6. The number of carbonyl (C=O) groups is 2. The minimum absolute atomic E-state index is 0.0898. The van der Waals surface area contributed by atoms with Crippen LogP contribution in [0, 0.1) is 13.8 Å². The number of hydrogen-bond acceptors (Lipinski definition) is 4. The van der Waals surface area contributed by atoms with Crippen LogP contribution in [0.25, 0.3) is 0 Å². The quantitative estimate of drug-likeness (QED) is 0.274. The molecule has 41 heavy (non-hydrogen) atoms. The Labute approximate surface area is 252 Å². The molecule has 3 aromatic carbocycles. The van der Waals surface area contributed by atoms with Gasteiger partial charge in [-0.3, -0.25) is 13.9 Å². The van der Waals surface area contributed by atoms with Gasteiger partial charge in [0, 0.05) is 17.1 Å². The Hall–Kier alpha value is -3.17. The maximum absolute atomic E-state index is 14.2. The molecule has 0 heterocycles. The van der Waals surface area contributed by atoms with Gasteiger partial charge in [-0.1, -0.05) is 89.3 Å². The van der Waals surface area contributed by atoms with E-state index in [9.17, 15) is 18.0 Å². The van der Waals surface area contributed by atoms with Crippen LogP contribution in [0.3, 0.4) is 0 Å². The summed E-state index contributed by atoms with van der Waals surface area (Å²) >= 11 is 3.43. The Morgan fingerprint density at radius 2 is 1.56 bits per heavy atom. The number of aryl methyl sites for hydroxylation is 2. The molecule has 0 aliphatic heterocycles. The van der Waals surface area contributed by atoms with Gasteiger partial charge in [0.15, 0.2) is 0 Å². The van der Waals surface area contributed by atoms with E-state index in [-0.39, 0.29) is 23.4 Å². The summed E-state index contributed by atoms with van der Waals surface area (Å²) in [5.74, 6) is -0.648. The van der Waals surface area contributed by atoms with Crippen molar-refractivity contribution >= 4 is 43.5 Å². The van der Waals surface area contributed by atoms with E-state index in [1.54, 1.807) is 48.5 Å². The number of nitrogens with one attached hydrogen (secondary N) is 1. The van der Waals surface area contributed by atoms with Gasteiger partial charge >= 0.3 is 0 Å². The molecule has 2 amide bonds. The second-order valence-electron chi connectivity index (χ2n) is 10.7. The van der Waals surface area contributed by atoms with Gasteiger partial charge in [0.05, 0.1) is 10.6 Å². The van der Waals surface area contributed by atoms with E-state index in [1.165, 1.54) is 4.90 Å². The third kappa shape index (κ3) is 7.77. The smallest absolute Gasteiger partial charge is 0.264 e. The molecule has 1 saturated carbocycles. The highest BCUT2D eigenvalue weighted by Crippen LogP contribution is 2.27. The molecule has 1 fully saturated rings. The Morgan fingerprint density at radius 3 is 2.15 bits per heavy atom. The van der Waals surface area contributed by atoms with Crippen molar-refractivity contribution in [3.05, 3.63) is 94.0 Å². The van der Waals surface area contributed by atoms with Crippen molar-refractivity contribution in [1.82, 2.24) is 10.2 Å². The number of nitrogens with zero attached hydrogens (tertiary/aromatic N) is 2. The van der Waals surface area contributed by atoms with Crippen molar-refractivity contribution in [3.8, 4) is 0 Å². The van der Waals surface area contributed by atoms with Crippen LogP contribution in [0.5, 0.6) is 0 Å². The first-order valence-corrected chi connectivity index (χ1v) is 16.3. The predicted molar refractivity (Wildman–Crippen MR) is 166 cm³/mol. The van der Waals surface area contributed by atoms with Gasteiger partial charge in [-0.15, -0.1) is 0 Å². The summed E-state index contributed by atoms with van der Waals surface area (Å²) in [7, 11) is -4.10. The summed E-state index contributed by atoms with van der Waals surface area (Å²) < 4.78 is 29.8. The second kappa shape index (κ2) is 13.7. The number of hydrogen-bond donors (Lipinski definition) is 1. The SMILES string of the molecule is CC[C@@H](C(=O)NC1CCCC1)N(Cc1ccc(C)cc1)C(=O)CN(c1cccc(Br)c1)S(=O)(=O)c1ccc(C)cc1. The van der Waals surface area contributed by atoms with Crippen LogP contribution < -0.4 is 9.62 Å². The Morgan fingerprint density at radius 1 is 0.951 bits per heavy atom. The van der Waals surface area contributed by atoms with Crippen molar-refractivity contribution in [2.24, 2.45) is 0 Å². The summed E-state index contributed by atoms with van der Waals surface area (Å²) in [4.78, 5) is 29.3. The summed E-state index contributed by atoms with van der Waals surface area (Å²) in [5.41, 5.74) is 3.23. The molecule has 0 aromatic heterocycles. The molecule has 0 spiro atoms. The molecule has 0 radical (unpaired) electrons. The molecule has 7 nitrogen and oxygen atoms in total. The van der Waals surface area contributed by atoms with Gasteiger partial charge in [-0.25, -0.2) is 8.42 Å². The molecule has 0 unspecified atom stereocenters. The fourth-order valence-corrected chi connectivity index (χ4v) is 6.97. The van der Waals surface area contributed by atoms with Crippen LogP contribution >= 0.6 is 15.9 Å². The highest BCUT2D eigenvalue weighted by molar-refractivity contribution is 9.10. The molecule has 0 saturated heterocycles. The van der Waals surface area contributed by atoms with Gasteiger partial charge < -0.3 is 10.2 Å². The number of rotatable bonds is 11. The Kier molecular flexibility index (Phi) is 10.3. The third-order valence-electron chi connectivity index (χ3n) is 7.55. The van der Waals surface area contributed by atoms with E-state index in [1.807, 2.05) is 45.0 Å². The Balaban J connectivity index is 1.71. The van der Waals surface area contributed by atoms with E-state index >= 15 is 0 Å². The van der Waals surface area contributed by atoms with E-state index in [0.717, 1.165) is 46.7 Å². The number of halogens is 1. The zero-order valence-corrected chi connectivity index (χ0v) is 26.2. The molecule has 9 heteroatoms. The minimum Gasteiger partial charge on any atom is -0.352 e. The second-order valence-corrected chi connectivity index (χ2v) is 13.5. The van der Waals surface area contributed by atoms with E-state index < -0.39 is 28.5 Å². The molecule has 218 valence electrons. The van der Waals surface area contributed by atoms with Crippen molar-refractivity contribution in [2.75, 3.05) is 10.8 Å². The molecular weight excluding hydrogens is 602 g/mol. The first kappa shape index (κ1) is 30.8. The highest BCUT2D eigenvalue weighted by atomic mass is 79.9. The van der Waals surface area contributed by atoms with E-state index in [4.69, 9.17) is 0 Å². The highest BCUT2D eigenvalue weighted by Gasteiger charge is 2.34. The molecular formula is C32H38BrN3O4S. The number of benzene rings is 3. The molecule has 0 bridgehead atoms. The zero-order chi connectivity index (χ0) is 29.6. The fraction of sp³-hybridized carbons (Fsp3) is 0.375. The molecule has 1 atom stereocenters. The van der Waals surface area contributed by atoms with Gasteiger partial charge in [0.25, 0.3) is 10.0 Å². The lowest BCUT2D eigenvalue weighted by molar-refractivity contribution is -0.140. The maximum atomic E-state index is 14.2. The normalized spacial score (nSPS) is 14.4. The third-order valence-corrected chi connectivity index (χ3v) is 9.83. The van der Waals surface area contributed by atoms with Crippen LogP contribution in [-0.2, 0) is 26.2 Å². The lowest BCUT2D eigenvalue weighted by atomic mass is 10.1. The summed E-state index contributed by atoms with van der Waals surface area (Å²) in [6.07, 6.45) is 4.41. The number of amides is 2. The molecule has 3 aromatic rings. The van der Waals surface area contributed by atoms with E-state index in [2.05, 4.69) is 21.2 Å². The van der Waals surface area contributed by atoms with E-state index in [0.29, 0.717) is 16.6 Å². The fourth-order valence-electron chi connectivity index (χ4n) is 5.17. The van der Waals surface area contributed by atoms with Crippen LogP contribution in [-0.4, -0.2) is 43.8 Å². The number of sulfonamides is 1. The maximum Gasteiger partial charge on any atom is 0.264 e. The monoisotopic (exact) mass is 639 g/mol. The van der Waals surface area contributed by atoms with Crippen molar-refractivity contribution < 1.29 is 18.0 Å². The molecule has 4 rings (SSSR count). The summed E-state index contributed by atoms with van der Waals surface area (Å²) in [6.45, 7) is 5.49. The Bertz CT molecular complexity index is 1450. The summed E-state index contributed by atoms with van der Waals surface area (Å²) in [6, 6.07) is 20.6. The zero-order valence-electron chi connectivity index (χ0n) is 23.8. The van der Waals surface area contributed by atoms with Crippen molar-refractivity contribution in [2.45, 2.75) is 76.4 Å². The first-order valence-electron chi connectivity index (χ1n) is 14.1. The van der Waals surface area contributed by atoms with Crippen LogP contribution in [0.4, 0.5) is 5.69 Å². The topological polar surface area (TPSA) is 86.8 Å². The minimum atomic E-state index is -4.10. The predicted octanol–water partition coefficient (Wildman–Crippen LogP) is 6.13. The standard InChI is InChI=1S/C32H38BrN3O4S/c1-4-30(32(38)34-27-9-5-6-10-27)35(21-25-16-12-23(2)13-17-25)31(37)22-36(28-11-7-8-26(33)20-28)41(39,40)29-18-14-24(3)15-19-29/h7-8,11-20,27,30H,4-6,9-10,21-22H2,1-3H3,(H,34,38)/t30-/m0/s1. The van der Waals surface area contributed by atoms with Crippen molar-refractivity contribution in [3.63, 3.8) is 0 Å². The van der Waals surface area contributed by atoms with Crippen LogP contribution in [0.15, 0.2) is 82.2 Å². The van der Waals surface area contributed by atoms with Gasteiger partial charge in [-0.2, -0.15) is 0 Å². The van der Waals surface area contributed by atoms with Gasteiger partial charge in [0.1, 0.15) is 12.6 Å². The van der Waals surface area contributed by atoms with Gasteiger partial charge in [-0.05, 0) is 69.0 Å².